The van der Waals surface area contributed by atoms with Gasteiger partial charge in [-0.25, -0.2) is 4.79 Å². The van der Waals surface area contributed by atoms with Gasteiger partial charge in [-0.05, 0) is 32.4 Å². The van der Waals surface area contributed by atoms with Crippen LogP contribution in [0.25, 0.3) is 0 Å². The lowest BCUT2D eigenvalue weighted by molar-refractivity contribution is -0.137. The van der Waals surface area contributed by atoms with Crippen LogP contribution in [0.3, 0.4) is 0 Å². The van der Waals surface area contributed by atoms with E-state index < -0.39 is 5.97 Å². The highest BCUT2D eigenvalue weighted by atomic mass is 16.4. The summed E-state index contributed by atoms with van der Waals surface area (Å²) < 4.78 is 0. The fraction of sp³-hybridized carbons (Fsp3) is 0.846. The number of rotatable bonds is 4. The number of carboxylic acid groups (broad SMARTS) is 1. The summed E-state index contributed by atoms with van der Waals surface area (Å²) in [4.78, 5) is 28.5. The van der Waals surface area contributed by atoms with Gasteiger partial charge in [-0.15, -0.1) is 0 Å². The van der Waals surface area contributed by atoms with Gasteiger partial charge in [0.15, 0.2) is 0 Å². The van der Waals surface area contributed by atoms with Gasteiger partial charge in [0.05, 0.1) is 6.42 Å². The molecule has 1 unspecified atom stereocenters. The summed E-state index contributed by atoms with van der Waals surface area (Å²) in [6.07, 6.45) is 3.58. The molecule has 0 aliphatic carbocycles. The van der Waals surface area contributed by atoms with Crippen LogP contribution in [0.15, 0.2) is 0 Å². The van der Waals surface area contributed by atoms with Gasteiger partial charge in [0, 0.05) is 32.7 Å². The Bertz CT molecular complexity index is 342. The van der Waals surface area contributed by atoms with E-state index in [0.29, 0.717) is 6.04 Å². The fourth-order valence-corrected chi connectivity index (χ4v) is 2.92. The molecule has 0 spiro atoms. The molecule has 0 aromatic carbocycles. The molecule has 2 saturated heterocycles. The van der Waals surface area contributed by atoms with Crippen molar-refractivity contribution in [3.8, 4) is 0 Å². The second kappa shape index (κ2) is 6.23. The second-order valence-electron chi connectivity index (χ2n) is 5.48. The van der Waals surface area contributed by atoms with Crippen LogP contribution >= 0.6 is 0 Å². The summed E-state index contributed by atoms with van der Waals surface area (Å²) in [7, 11) is 1.68. The van der Waals surface area contributed by atoms with Crippen molar-refractivity contribution < 1.29 is 14.7 Å². The zero-order valence-corrected chi connectivity index (χ0v) is 11.5. The van der Waals surface area contributed by atoms with Gasteiger partial charge in [-0.2, -0.15) is 0 Å². The summed E-state index contributed by atoms with van der Waals surface area (Å²) >= 11 is 0. The molecule has 108 valence electrons. The van der Waals surface area contributed by atoms with E-state index in [2.05, 4.69) is 4.90 Å². The van der Waals surface area contributed by atoms with Gasteiger partial charge in [0.1, 0.15) is 0 Å². The highest BCUT2D eigenvalue weighted by Crippen LogP contribution is 2.21. The lowest BCUT2D eigenvalue weighted by Gasteiger charge is -2.26. The Labute approximate surface area is 114 Å². The number of carboxylic acids is 1. The van der Waals surface area contributed by atoms with E-state index in [1.165, 1.54) is 17.7 Å². The maximum atomic E-state index is 12.2. The molecule has 2 amide bonds. The van der Waals surface area contributed by atoms with Gasteiger partial charge in [-0.3, -0.25) is 9.69 Å². The Morgan fingerprint density at radius 2 is 1.95 bits per heavy atom. The maximum absolute atomic E-state index is 12.2. The van der Waals surface area contributed by atoms with Crippen LogP contribution in [0.4, 0.5) is 4.79 Å². The third-order valence-electron chi connectivity index (χ3n) is 4.08. The summed E-state index contributed by atoms with van der Waals surface area (Å²) in [6.45, 7) is 4.16. The molecule has 0 radical (unpaired) electrons. The Morgan fingerprint density at radius 1 is 1.26 bits per heavy atom. The molecule has 19 heavy (non-hydrogen) atoms. The Balaban J connectivity index is 1.78. The molecule has 2 heterocycles. The zero-order chi connectivity index (χ0) is 13.8. The molecule has 1 N–H and O–H groups in total. The molecule has 2 aliphatic rings. The molecule has 2 fully saturated rings. The van der Waals surface area contributed by atoms with E-state index in [1.807, 2.05) is 4.90 Å². The van der Waals surface area contributed by atoms with Crippen molar-refractivity contribution in [2.45, 2.75) is 31.7 Å². The molecular weight excluding hydrogens is 246 g/mol. The van der Waals surface area contributed by atoms with Gasteiger partial charge in [-0.1, -0.05) is 0 Å². The lowest BCUT2D eigenvalue weighted by atomic mass is 10.2. The molecule has 0 saturated carbocycles. The molecule has 2 rings (SSSR count). The number of nitrogens with zero attached hydrogens (tertiary/aromatic N) is 3. The quantitative estimate of drug-likeness (QED) is 0.815. The van der Waals surface area contributed by atoms with E-state index in [4.69, 9.17) is 5.11 Å². The first-order valence-electron chi connectivity index (χ1n) is 7.04. The first kappa shape index (κ1) is 14.1. The SMILES string of the molecule is CN(CCC(=O)O)C(=O)N1CCC(N2CCCC2)C1. The zero-order valence-electron chi connectivity index (χ0n) is 11.5. The van der Waals surface area contributed by atoms with Crippen molar-refractivity contribution in [1.82, 2.24) is 14.7 Å². The molecule has 6 heteroatoms. The molecule has 1 atom stereocenters. The fourth-order valence-electron chi connectivity index (χ4n) is 2.92. The van der Waals surface area contributed by atoms with Crippen molar-refractivity contribution in [2.75, 3.05) is 39.8 Å². The summed E-state index contributed by atoms with van der Waals surface area (Å²) in [5, 5.41) is 8.64. The number of amides is 2. The first-order chi connectivity index (χ1) is 9.08. The first-order valence-corrected chi connectivity index (χ1v) is 7.04. The summed E-state index contributed by atoms with van der Waals surface area (Å²) in [5.74, 6) is -0.865. The number of carbonyl (C=O) groups excluding carboxylic acids is 1. The monoisotopic (exact) mass is 269 g/mol. The minimum Gasteiger partial charge on any atom is -0.481 e. The summed E-state index contributed by atoms with van der Waals surface area (Å²) in [6, 6.07) is 0.460. The smallest absolute Gasteiger partial charge is 0.319 e. The third kappa shape index (κ3) is 3.59. The van der Waals surface area contributed by atoms with Crippen LogP contribution < -0.4 is 0 Å². The van der Waals surface area contributed by atoms with E-state index >= 15 is 0 Å². The van der Waals surface area contributed by atoms with Crippen LogP contribution in [-0.2, 0) is 4.79 Å². The average molecular weight is 269 g/mol. The molecule has 0 aromatic heterocycles. The van der Waals surface area contributed by atoms with E-state index in [0.717, 1.165) is 32.6 Å². The van der Waals surface area contributed by atoms with Crippen molar-refractivity contribution in [3.05, 3.63) is 0 Å². The number of hydrogen-bond acceptors (Lipinski definition) is 3. The number of aliphatic carboxylic acids is 1. The lowest BCUT2D eigenvalue weighted by Crippen LogP contribution is -2.43. The predicted octanol–water partition coefficient (Wildman–Crippen LogP) is 0.683. The van der Waals surface area contributed by atoms with Crippen molar-refractivity contribution in [2.24, 2.45) is 0 Å². The van der Waals surface area contributed by atoms with Crippen molar-refractivity contribution >= 4 is 12.0 Å². The number of likely N-dealkylation sites (tertiary alicyclic amines) is 2. The van der Waals surface area contributed by atoms with Crippen LogP contribution in [0.1, 0.15) is 25.7 Å². The molecule has 2 aliphatic heterocycles. The third-order valence-corrected chi connectivity index (χ3v) is 4.08. The molecule has 6 nitrogen and oxygen atoms in total. The second-order valence-corrected chi connectivity index (χ2v) is 5.48. The topological polar surface area (TPSA) is 64.1 Å². The Hall–Kier alpha value is -1.30. The van der Waals surface area contributed by atoms with Crippen LogP contribution in [0.5, 0.6) is 0 Å². The van der Waals surface area contributed by atoms with Gasteiger partial charge in [0.25, 0.3) is 0 Å². The Morgan fingerprint density at radius 3 is 2.58 bits per heavy atom. The minimum atomic E-state index is -0.865. The van der Waals surface area contributed by atoms with Crippen LogP contribution in [0.2, 0.25) is 0 Å². The number of urea groups is 1. The number of carbonyl (C=O) groups is 2. The summed E-state index contributed by atoms with van der Waals surface area (Å²) in [5.41, 5.74) is 0. The highest BCUT2D eigenvalue weighted by Gasteiger charge is 2.32. The predicted molar refractivity (Wildman–Crippen MR) is 71.1 cm³/mol. The Kier molecular flexibility index (Phi) is 4.63. The van der Waals surface area contributed by atoms with Crippen molar-refractivity contribution in [1.29, 1.82) is 0 Å². The minimum absolute atomic E-state index is 0.00559. The molecule has 0 bridgehead atoms. The van der Waals surface area contributed by atoms with Gasteiger partial charge >= 0.3 is 12.0 Å². The van der Waals surface area contributed by atoms with E-state index in [1.54, 1.807) is 7.05 Å². The van der Waals surface area contributed by atoms with Gasteiger partial charge in [0.2, 0.25) is 0 Å². The van der Waals surface area contributed by atoms with Crippen LogP contribution in [0, 0.1) is 0 Å². The largest absolute Gasteiger partial charge is 0.481 e. The molecular formula is C13H23N3O3. The van der Waals surface area contributed by atoms with E-state index in [9.17, 15) is 9.59 Å². The molecule has 0 aromatic rings. The van der Waals surface area contributed by atoms with Gasteiger partial charge < -0.3 is 14.9 Å². The maximum Gasteiger partial charge on any atom is 0.319 e. The highest BCUT2D eigenvalue weighted by molar-refractivity contribution is 5.75. The number of hydrogen-bond donors (Lipinski definition) is 1. The van der Waals surface area contributed by atoms with E-state index in [-0.39, 0.29) is 19.0 Å². The van der Waals surface area contributed by atoms with Crippen LogP contribution in [-0.4, -0.2) is 77.6 Å². The average Bonchev–Trinajstić information content (AvgIpc) is 3.04. The normalized spacial score (nSPS) is 23.8. The van der Waals surface area contributed by atoms with Crippen molar-refractivity contribution in [3.63, 3.8) is 0 Å². The standard InChI is InChI=1S/C13H23N3O3/c1-14(8-5-12(17)18)13(19)16-9-4-11(10-16)15-6-2-3-7-15/h11H,2-10H2,1H3,(H,17,18).